The van der Waals surface area contributed by atoms with Crippen LogP contribution in [-0.4, -0.2) is 67.9 Å². The molecule has 2 amide bonds. The van der Waals surface area contributed by atoms with Crippen molar-refractivity contribution in [2.75, 3.05) is 45.3 Å². The molecule has 0 radical (unpaired) electrons. The number of amides is 2. The second-order valence-electron chi connectivity index (χ2n) is 8.98. The molecule has 0 bridgehead atoms. The van der Waals surface area contributed by atoms with E-state index in [4.69, 9.17) is 9.47 Å². The average Bonchev–Trinajstić information content (AvgIpc) is 3.47. The van der Waals surface area contributed by atoms with Crippen molar-refractivity contribution >= 4 is 23.7 Å². The summed E-state index contributed by atoms with van der Waals surface area (Å²) < 4.78 is 11.0. The van der Waals surface area contributed by atoms with Gasteiger partial charge >= 0.3 is 18.0 Å². The normalized spacial score (nSPS) is 16.6. The summed E-state index contributed by atoms with van der Waals surface area (Å²) in [5.41, 5.74) is 3.78. The molecule has 1 unspecified atom stereocenters. The number of hydrogen-bond acceptors (Lipinski definition) is 7. The Kier molecular flexibility index (Phi) is 9.11. The van der Waals surface area contributed by atoms with E-state index < -0.39 is 23.9 Å². The molecule has 2 heterocycles. The van der Waals surface area contributed by atoms with Crippen LogP contribution in [0.4, 0.5) is 10.5 Å². The van der Waals surface area contributed by atoms with Gasteiger partial charge in [-0.3, -0.25) is 9.69 Å². The van der Waals surface area contributed by atoms with Crippen LogP contribution in [0.1, 0.15) is 53.7 Å². The summed E-state index contributed by atoms with van der Waals surface area (Å²) in [6.07, 6.45) is 3.30. The van der Waals surface area contributed by atoms with E-state index >= 15 is 0 Å². The number of methoxy groups -OCH3 is 1. The molecule has 3 rings (SSSR count). The van der Waals surface area contributed by atoms with E-state index in [1.807, 2.05) is 19.9 Å². The SMILES string of the molecule is CCNC(=O)Nc1c(C/C=C(\C)CC(CCN2CCNC2)C(=O)O)c(OC)c(C)c2c1C(=O)OC2. The van der Waals surface area contributed by atoms with Gasteiger partial charge in [-0.2, -0.15) is 0 Å². The number of benzene rings is 1. The van der Waals surface area contributed by atoms with E-state index in [9.17, 15) is 19.5 Å². The number of allylic oxidation sites excluding steroid dienone is 2. The zero-order valence-electron chi connectivity index (χ0n) is 21.0. The number of carbonyl (C=O) groups excluding carboxylic acids is 2. The number of anilines is 1. The molecule has 2 aliphatic heterocycles. The lowest BCUT2D eigenvalue weighted by Crippen LogP contribution is -2.29. The van der Waals surface area contributed by atoms with Crippen molar-refractivity contribution in [3.05, 3.63) is 33.9 Å². The first-order valence-electron chi connectivity index (χ1n) is 12.0. The Balaban J connectivity index is 1.86. The Labute approximate surface area is 206 Å². The van der Waals surface area contributed by atoms with Gasteiger partial charge in [0.15, 0.2) is 0 Å². The maximum Gasteiger partial charge on any atom is 0.341 e. The van der Waals surface area contributed by atoms with Crippen molar-refractivity contribution in [3.8, 4) is 5.75 Å². The van der Waals surface area contributed by atoms with Gasteiger partial charge in [-0.25, -0.2) is 9.59 Å². The van der Waals surface area contributed by atoms with Crippen LogP contribution in [0.15, 0.2) is 11.6 Å². The number of rotatable bonds is 11. The zero-order chi connectivity index (χ0) is 25.5. The van der Waals surface area contributed by atoms with Crippen molar-refractivity contribution in [1.29, 1.82) is 0 Å². The molecule has 0 aliphatic carbocycles. The van der Waals surface area contributed by atoms with Crippen LogP contribution >= 0.6 is 0 Å². The second-order valence-corrected chi connectivity index (χ2v) is 8.98. The summed E-state index contributed by atoms with van der Waals surface area (Å²) in [6, 6.07) is -0.426. The maximum atomic E-state index is 12.5. The summed E-state index contributed by atoms with van der Waals surface area (Å²) >= 11 is 0. The number of hydrogen-bond donors (Lipinski definition) is 4. The van der Waals surface area contributed by atoms with Gasteiger partial charge in [-0.05, 0) is 45.6 Å². The monoisotopic (exact) mass is 488 g/mol. The molecule has 0 spiro atoms. The lowest BCUT2D eigenvalue weighted by Gasteiger charge is -2.20. The fourth-order valence-corrected chi connectivity index (χ4v) is 4.65. The Morgan fingerprint density at radius 3 is 2.77 bits per heavy atom. The van der Waals surface area contributed by atoms with Gasteiger partial charge < -0.3 is 30.5 Å². The average molecular weight is 489 g/mol. The number of carboxylic acids is 1. The van der Waals surface area contributed by atoms with Crippen molar-refractivity contribution in [2.45, 2.75) is 46.6 Å². The molecule has 1 fully saturated rings. The van der Waals surface area contributed by atoms with Crippen LogP contribution in [0.3, 0.4) is 0 Å². The molecule has 2 aliphatic rings. The molecule has 1 aromatic carbocycles. The number of ether oxygens (including phenoxy) is 2. The van der Waals surface area contributed by atoms with E-state index in [1.165, 1.54) is 0 Å². The molecule has 1 aromatic rings. The van der Waals surface area contributed by atoms with Crippen LogP contribution in [0.25, 0.3) is 0 Å². The van der Waals surface area contributed by atoms with Gasteiger partial charge in [0.25, 0.3) is 0 Å². The van der Waals surface area contributed by atoms with Gasteiger partial charge in [-0.15, -0.1) is 0 Å². The Morgan fingerprint density at radius 2 is 2.14 bits per heavy atom. The summed E-state index contributed by atoms with van der Waals surface area (Å²) in [5.74, 6) is -1.20. The number of cyclic esters (lactones) is 1. The minimum absolute atomic E-state index is 0.127. The van der Waals surface area contributed by atoms with Gasteiger partial charge in [0, 0.05) is 44.0 Å². The minimum atomic E-state index is -0.808. The third-order valence-corrected chi connectivity index (χ3v) is 6.56. The summed E-state index contributed by atoms with van der Waals surface area (Å²) in [6.45, 7) is 9.53. The first-order valence-corrected chi connectivity index (χ1v) is 12.0. The topological polar surface area (TPSA) is 129 Å². The number of carbonyl (C=O) groups is 3. The maximum absolute atomic E-state index is 12.5. The molecule has 4 N–H and O–H groups in total. The highest BCUT2D eigenvalue weighted by Gasteiger charge is 2.32. The molecule has 192 valence electrons. The summed E-state index contributed by atoms with van der Waals surface area (Å²) in [7, 11) is 1.55. The molecule has 10 nitrogen and oxygen atoms in total. The number of nitrogens with one attached hydrogen (secondary N) is 3. The van der Waals surface area contributed by atoms with E-state index in [2.05, 4.69) is 20.9 Å². The lowest BCUT2D eigenvalue weighted by molar-refractivity contribution is -0.142. The molecular formula is C25H36N4O6. The molecule has 35 heavy (non-hydrogen) atoms. The zero-order valence-corrected chi connectivity index (χ0v) is 21.0. The fraction of sp³-hybridized carbons (Fsp3) is 0.560. The standard InChI is InChI=1S/C25H36N4O6/c1-5-27-25(33)28-21-18(22(34-4)16(3)19-13-35-24(32)20(19)21)7-6-15(2)12-17(23(30)31)8-10-29-11-9-26-14-29/h6,17,26H,5,7-14H2,1-4H3,(H,30,31)(H2,27,28,33)/b15-6+. The first-order chi connectivity index (χ1) is 16.8. The third-order valence-electron chi connectivity index (χ3n) is 6.56. The van der Waals surface area contributed by atoms with E-state index in [-0.39, 0.29) is 6.61 Å². The predicted octanol–water partition coefficient (Wildman–Crippen LogP) is 2.65. The lowest BCUT2D eigenvalue weighted by atomic mass is 9.92. The van der Waals surface area contributed by atoms with Crippen LogP contribution in [0.2, 0.25) is 0 Å². The third kappa shape index (κ3) is 6.32. The molecule has 0 aromatic heterocycles. The largest absolute Gasteiger partial charge is 0.496 e. The number of fused-ring (bicyclic) bond motifs is 1. The number of esters is 1. The summed E-state index contributed by atoms with van der Waals surface area (Å²) in [4.78, 5) is 39.0. The number of carboxylic acid groups (broad SMARTS) is 1. The van der Waals surface area contributed by atoms with Gasteiger partial charge in [0.1, 0.15) is 12.4 Å². The first kappa shape index (κ1) is 26.5. The predicted molar refractivity (Wildman–Crippen MR) is 132 cm³/mol. The minimum Gasteiger partial charge on any atom is -0.496 e. The van der Waals surface area contributed by atoms with Crippen LogP contribution in [0.5, 0.6) is 5.75 Å². The number of aliphatic carboxylic acids is 1. The van der Waals surface area contributed by atoms with Crippen LogP contribution < -0.4 is 20.7 Å². The highest BCUT2D eigenvalue weighted by molar-refractivity contribution is 6.05. The molecular weight excluding hydrogens is 452 g/mol. The van der Waals surface area contributed by atoms with Crippen molar-refractivity contribution in [3.63, 3.8) is 0 Å². The molecule has 1 atom stereocenters. The van der Waals surface area contributed by atoms with Gasteiger partial charge in [0.05, 0.1) is 24.3 Å². The Hall–Kier alpha value is -3.11. The van der Waals surface area contributed by atoms with E-state index in [0.29, 0.717) is 53.9 Å². The van der Waals surface area contributed by atoms with Gasteiger partial charge in [-0.1, -0.05) is 11.6 Å². The molecule has 1 saturated heterocycles. The summed E-state index contributed by atoms with van der Waals surface area (Å²) in [5, 5.41) is 18.5. The van der Waals surface area contributed by atoms with E-state index in [0.717, 1.165) is 37.4 Å². The highest BCUT2D eigenvalue weighted by atomic mass is 16.5. The Morgan fingerprint density at radius 1 is 1.37 bits per heavy atom. The van der Waals surface area contributed by atoms with Crippen molar-refractivity contribution in [2.24, 2.45) is 5.92 Å². The number of nitrogens with zero attached hydrogens (tertiary/aromatic N) is 1. The van der Waals surface area contributed by atoms with Crippen LogP contribution in [-0.2, 0) is 22.6 Å². The van der Waals surface area contributed by atoms with E-state index in [1.54, 1.807) is 14.0 Å². The van der Waals surface area contributed by atoms with Gasteiger partial charge in [0.2, 0.25) is 0 Å². The fourth-order valence-electron chi connectivity index (χ4n) is 4.65. The van der Waals surface area contributed by atoms with Crippen molar-refractivity contribution in [1.82, 2.24) is 15.5 Å². The van der Waals surface area contributed by atoms with Crippen molar-refractivity contribution < 1.29 is 29.0 Å². The molecule has 10 heteroatoms. The highest BCUT2D eigenvalue weighted by Crippen LogP contribution is 2.41. The van der Waals surface area contributed by atoms with Crippen LogP contribution in [0, 0.1) is 12.8 Å². The second kappa shape index (κ2) is 12.0. The quantitative estimate of drug-likeness (QED) is 0.276. The number of urea groups is 1. The molecule has 0 saturated carbocycles. The smallest absolute Gasteiger partial charge is 0.341 e. The Bertz CT molecular complexity index is 1000.